The van der Waals surface area contributed by atoms with Gasteiger partial charge >= 0.3 is 0 Å². The van der Waals surface area contributed by atoms with E-state index < -0.39 is 0 Å². The van der Waals surface area contributed by atoms with Crippen molar-refractivity contribution >= 4 is 24.3 Å². The summed E-state index contributed by atoms with van der Waals surface area (Å²) < 4.78 is 0. The highest BCUT2D eigenvalue weighted by molar-refractivity contribution is 5.72. The van der Waals surface area contributed by atoms with E-state index in [2.05, 4.69) is 102 Å². The number of benzene rings is 3. The Hall–Kier alpha value is -3.88. The zero-order chi connectivity index (χ0) is 20.5. The Kier molecular flexibility index (Phi) is 11.3. The summed E-state index contributed by atoms with van der Waals surface area (Å²) in [4.78, 5) is 2.75. The van der Waals surface area contributed by atoms with Crippen LogP contribution in [-0.2, 0) is 0 Å². The number of hydrogen-bond donors (Lipinski definition) is 0. The Balaban J connectivity index is 0.000000582. The van der Waals surface area contributed by atoms with Crippen LogP contribution in [0.5, 0.6) is 0 Å². The first-order valence-corrected chi connectivity index (χ1v) is 8.86. The standard InChI is InChI=1S/C22H18.2C2H3N/c1-3-7-19(8-4-1)11-13-21-15-17-22(18-16-21)14-12-20-9-5-2-6-10-20;1-3-2;1-2-3/h1-18H;2*1H3. The maximum Gasteiger partial charge on any atom is 0.205 e. The van der Waals surface area contributed by atoms with Gasteiger partial charge in [0.25, 0.3) is 0 Å². The minimum Gasteiger partial charge on any atom is -0.320 e. The van der Waals surface area contributed by atoms with Crippen molar-refractivity contribution in [1.29, 1.82) is 5.26 Å². The van der Waals surface area contributed by atoms with Gasteiger partial charge in [0.15, 0.2) is 0 Å². The largest absolute Gasteiger partial charge is 0.320 e. The summed E-state index contributed by atoms with van der Waals surface area (Å²) >= 11 is 0. The molecule has 0 aliphatic rings. The second-order valence-corrected chi connectivity index (χ2v) is 5.60. The molecule has 0 unspecified atom stereocenters. The van der Waals surface area contributed by atoms with Gasteiger partial charge in [0.2, 0.25) is 7.05 Å². The molecule has 0 saturated heterocycles. The third kappa shape index (κ3) is 9.56. The van der Waals surface area contributed by atoms with E-state index in [1.807, 2.05) is 12.1 Å². The molecule has 0 atom stereocenters. The predicted molar refractivity (Wildman–Crippen MR) is 121 cm³/mol. The molecule has 0 aliphatic carbocycles. The van der Waals surface area contributed by atoms with E-state index in [4.69, 9.17) is 11.8 Å². The van der Waals surface area contributed by atoms with Gasteiger partial charge in [-0.1, -0.05) is 109 Å². The van der Waals surface area contributed by atoms with E-state index in [0.717, 1.165) is 0 Å². The number of rotatable bonds is 4. The highest BCUT2D eigenvalue weighted by Crippen LogP contribution is 2.12. The normalized spacial score (nSPS) is 9.43. The monoisotopic (exact) mass is 364 g/mol. The first-order chi connectivity index (χ1) is 13.7. The molecule has 0 aliphatic heterocycles. The predicted octanol–water partition coefficient (Wildman–Crippen LogP) is 7.09. The molecule has 0 aromatic heterocycles. The van der Waals surface area contributed by atoms with Gasteiger partial charge in [-0.05, 0) is 22.3 Å². The van der Waals surface area contributed by atoms with Crippen molar-refractivity contribution in [2.24, 2.45) is 0 Å². The molecule has 28 heavy (non-hydrogen) atoms. The average molecular weight is 364 g/mol. The van der Waals surface area contributed by atoms with E-state index in [-0.39, 0.29) is 0 Å². The zero-order valence-corrected chi connectivity index (χ0v) is 16.3. The second-order valence-electron chi connectivity index (χ2n) is 5.60. The van der Waals surface area contributed by atoms with Crippen LogP contribution in [0.2, 0.25) is 0 Å². The highest BCUT2D eigenvalue weighted by Gasteiger charge is 1.90. The van der Waals surface area contributed by atoms with Gasteiger partial charge in [-0.2, -0.15) is 5.26 Å². The number of hydrogen-bond acceptors (Lipinski definition) is 1. The molecular weight excluding hydrogens is 340 g/mol. The molecule has 0 heterocycles. The van der Waals surface area contributed by atoms with Crippen molar-refractivity contribution in [1.82, 2.24) is 0 Å². The molecule has 3 rings (SSSR count). The van der Waals surface area contributed by atoms with Crippen LogP contribution in [0.1, 0.15) is 29.2 Å². The van der Waals surface area contributed by atoms with Crippen LogP contribution in [0.4, 0.5) is 0 Å². The SMILES string of the molecule is C(=Cc1ccc(C=Cc2ccccc2)cc1)c1ccccc1.CC#N.[C-]#[N+]C. The zero-order valence-electron chi connectivity index (χ0n) is 16.3. The molecule has 0 bridgehead atoms. The van der Waals surface area contributed by atoms with E-state index >= 15 is 0 Å². The summed E-state index contributed by atoms with van der Waals surface area (Å²) in [6, 6.07) is 31.0. The van der Waals surface area contributed by atoms with Crippen molar-refractivity contribution in [3.05, 3.63) is 119 Å². The first-order valence-electron chi connectivity index (χ1n) is 8.86. The maximum atomic E-state index is 7.32. The molecule has 0 saturated carbocycles. The Labute approximate surface area is 168 Å². The average Bonchev–Trinajstić information content (AvgIpc) is 2.74. The van der Waals surface area contributed by atoms with Crippen molar-refractivity contribution < 1.29 is 0 Å². The molecular formula is C26H24N2. The van der Waals surface area contributed by atoms with Crippen molar-refractivity contribution in [2.75, 3.05) is 7.05 Å². The Morgan fingerprint density at radius 3 is 1.11 bits per heavy atom. The van der Waals surface area contributed by atoms with Crippen LogP contribution in [0.15, 0.2) is 84.9 Å². The number of nitrogens with zero attached hydrogens (tertiary/aromatic N) is 2. The highest BCUT2D eigenvalue weighted by atomic mass is 14.5. The lowest BCUT2D eigenvalue weighted by atomic mass is 10.1. The van der Waals surface area contributed by atoms with Crippen molar-refractivity contribution in [3.8, 4) is 6.07 Å². The molecule has 0 N–H and O–H groups in total. The lowest BCUT2D eigenvalue weighted by Gasteiger charge is -1.97. The third-order valence-electron chi connectivity index (χ3n) is 3.47. The van der Waals surface area contributed by atoms with Gasteiger partial charge in [0, 0.05) is 6.92 Å². The molecule has 0 fully saturated rings. The van der Waals surface area contributed by atoms with Crippen LogP contribution in [0, 0.1) is 17.9 Å². The Morgan fingerprint density at radius 1 is 0.643 bits per heavy atom. The fourth-order valence-electron chi connectivity index (χ4n) is 2.23. The van der Waals surface area contributed by atoms with E-state index in [1.54, 1.807) is 6.07 Å². The van der Waals surface area contributed by atoms with Crippen LogP contribution in [-0.4, -0.2) is 7.05 Å². The van der Waals surface area contributed by atoms with Crippen LogP contribution < -0.4 is 0 Å². The quantitative estimate of drug-likeness (QED) is 0.359. The number of nitriles is 1. The Bertz CT molecular complexity index is 843. The van der Waals surface area contributed by atoms with Gasteiger partial charge in [0.05, 0.1) is 6.07 Å². The van der Waals surface area contributed by atoms with E-state index in [1.165, 1.54) is 36.2 Å². The van der Waals surface area contributed by atoms with Crippen LogP contribution >= 0.6 is 0 Å². The maximum absolute atomic E-state index is 7.32. The van der Waals surface area contributed by atoms with Crippen molar-refractivity contribution in [3.63, 3.8) is 0 Å². The molecule has 0 spiro atoms. The summed E-state index contributed by atoms with van der Waals surface area (Å²) in [6.45, 7) is 7.26. The van der Waals surface area contributed by atoms with Gasteiger partial charge in [-0.3, -0.25) is 0 Å². The van der Waals surface area contributed by atoms with Gasteiger partial charge in [0.1, 0.15) is 0 Å². The first kappa shape index (κ1) is 22.2. The molecule has 3 aromatic carbocycles. The fraction of sp³-hybridized carbons (Fsp3) is 0.0769. The smallest absolute Gasteiger partial charge is 0.205 e. The summed E-state index contributed by atoms with van der Waals surface area (Å²) in [5, 5.41) is 7.32. The van der Waals surface area contributed by atoms with Crippen LogP contribution in [0.25, 0.3) is 29.1 Å². The lowest BCUT2D eigenvalue weighted by Crippen LogP contribution is -1.75. The molecule has 0 radical (unpaired) electrons. The summed E-state index contributed by atoms with van der Waals surface area (Å²) in [5.74, 6) is 0. The summed E-state index contributed by atoms with van der Waals surface area (Å²) in [7, 11) is 1.42. The molecule has 3 aromatic rings. The van der Waals surface area contributed by atoms with Gasteiger partial charge in [-0.25, -0.2) is 6.57 Å². The minimum absolute atomic E-state index is 1.21. The third-order valence-corrected chi connectivity index (χ3v) is 3.47. The topological polar surface area (TPSA) is 28.1 Å². The Morgan fingerprint density at radius 2 is 0.857 bits per heavy atom. The lowest BCUT2D eigenvalue weighted by molar-refractivity contribution is 1.49. The van der Waals surface area contributed by atoms with E-state index in [0.29, 0.717) is 0 Å². The fourth-order valence-corrected chi connectivity index (χ4v) is 2.23. The van der Waals surface area contributed by atoms with Gasteiger partial charge < -0.3 is 4.85 Å². The second kappa shape index (κ2) is 14.3. The van der Waals surface area contributed by atoms with Crippen LogP contribution in [0.3, 0.4) is 0 Å². The molecule has 2 nitrogen and oxygen atoms in total. The van der Waals surface area contributed by atoms with Crippen molar-refractivity contribution in [2.45, 2.75) is 6.92 Å². The van der Waals surface area contributed by atoms with Gasteiger partial charge in [-0.15, -0.1) is 0 Å². The summed E-state index contributed by atoms with van der Waals surface area (Å²) in [5.41, 5.74) is 4.85. The molecule has 138 valence electrons. The summed E-state index contributed by atoms with van der Waals surface area (Å²) in [6.07, 6.45) is 8.55. The molecule has 0 amide bonds. The van der Waals surface area contributed by atoms with E-state index in [9.17, 15) is 0 Å². The minimum atomic E-state index is 1.21. The molecule has 2 heteroatoms.